The summed E-state index contributed by atoms with van der Waals surface area (Å²) in [5.74, 6) is 0.295. The number of rotatable bonds is 5. The van der Waals surface area contributed by atoms with Gasteiger partial charge in [0.1, 0.15) is 0 Å². The van der Waals surface area contributed by atoms with E-state index in [1.165, 1.54) is 17.4 Å². The molecule has 0 bridgehead atoms. The van der Waals surface area contributed by atoms with E-state index in [0.717, 1.165) is 27.5 Å². The van der Waals surface area contributed by atoms with E-state index in [-0.39, 0.29) is 53.2 Å². The smallest absolute Gasteiger partial charge is 0.166 e. The normalized spacial score (nSPS) is 14.4. The lowest BCUT2D eigenvalue weighted by molar-refractivity contribution is 1.06. The predicted octanol–water partition coefficient (Wildman–Crippen LogP) is 12.0. The van der Waals surface area contributed by atoms with Gasteiger partial charge in [-0.05, 0) is 41.4 Å². The Bertz CT molecular complexity index is 3370. The van der Waals surface area contributed by atoms with Crippen LogP contribution >= 0.6 is 11.3 Å². The minimum Gasteiger partial charge on any atom is -0.309 e. The minimum atomic E-state index is -0.532. The lowest BCUT2D eigenvalue weighted by Crippen LogP contribution is -2.03. The Balaban J connectivity index is 1.19. The molecule has 0 aliphatic carbocycles. The van der Waals surface area contributed by atoms with Crippen molar-refractivity contribution in [3.63, 3.8) is 0 Å². The van der Waals surface area contributed by atoms with Gasteiger partial charge in [0.05, 0.1) is 30.4 Å². The maximum atomic E-state index is 8.82. The van der Waals surface area contributed by atoms with Crippen LogP contribution in [0, 0.1) is 0 Å². The molecule has 0 saturated carbocycles. The van der Waals surface area contributed by atoms with Crippen LogP contribution in [0.2, 0.25) is 0 Å². The zero-order chi connectivity index (χ0) is 41.7. The number of fused-ring (bicyclic) bond motifs is 6. The maximum Gasteiger partial charge on any atom is 0.166 e. The number of hydrogen-bond acceptors (Lipinski definition) is 4. The summed E-state index contributed by atoms with van der Waals surface area (Å²) in [6.45, 7) is 0. The molecule has 0 aliphatic heterocycles. The van der Waals surface area contributed by atoms with E-state index < -0.39 is 30.2 Å². The van der Waals surface area contributed by atoms with E-state index >= 15 is 0 Å². The molecule has 0 aliphatic rings. The van der Waals surface area contributed by atoms with Crippen LogP contribution in [-0.2, 0) is 0 Å². The first-order chi connectivity index (χ1) is 28.9. The fourth-order valence-corrected chi connectivity index (χ4v) is 7.69. The van der Waals surface area contributed by atoms with Crippen LogP contribution in [0.25, 0.3) is 93.0 Å². The molecule has 50 heavy (non-hydrogen) atoms. The molecule has 234 valence electrons. The summed E-state index contributed by atoms with van der Waals surface area (Å²) in [6, 6.07) is 31.2. The topological polar surface area (TPSA) is 43.6 Å². The zero-order valence-corrected chi connectivity index (χ0v) is 26.9. The molecule has 4 nitrogen and oxygen atoms in total. The Morgan fingerprint density at radius 2 is 1.08 bits per heavy atom. The summed E-state index contributed by atoms with van der Waals surface area (Å²) in [5, 5.41) is 2.80. The van der Waals surface area contributed by atoms with Crippen LogP contribution in [0.1, 0.15) is 13.7 Å². The molecular weight excluding hydrogens is 629 g/mol. The molecule has 0 N–H and O–H groups in total. The molecule has 3 aromatic heterocycles. The number of aromatic nitrogens is 4. The van der Waals surface area contributed by atoms with Crippen molar-refractivity contribution in [2.75, 3.05) is 0 Å². The molecule has 0 amide bonds. The Morgan fingerprint density at radius 3 is 1.86 bits per heavy atom. The van der Waals surface area contributed by atoms with E-state index in [9.17, 15) is 0 Å². The number of para-hydroxylation sites is 3. The number of thiophene rings is 1. The van der Waals surface area contributed by atoms with Gasteiger partial charge in [-0.1, -0.05) is 139 Å². The molecule has 10 rings (SSSR count). The molecule has 3 heterocycles. The van der Waals surface area contributed by atoms with E-state index in [4.69, 9.17) is 28.7 Å². The van der Waals surface area contributed by atoms with E-state index in [2.05, 4.69) is 16.7 Å². The Labute approximate surface area is 306 Å². The van der Waals surface area contributed by atoms with E-state index in [0.29, 0.717) is 42.4 Å². The van der Waals surface area contributed by atoms with Gasteiger partial charge in [-0.3, -0.25) is 0 Å². The highest BCUT2D eigenvalue weighted by Crippen LogP contribution is 2.40. The van der Waals surface area contributed by atoms with Crippen molar-refractivity contribution in [1.29, 1.82) is 0 Å². The van der Waals surface area contributed by atoms with Crippen molar-refractivity contribution < 1.29 is 13.7 Å². The first-order valence-electron chi connectivity index (χ1n) is 20.9. The Hall–Kier alpha value is -6.43. The molecule has 5 heteroatoms. The maximum absolute atomic E-state index is 8.82. The molecule has 0 spiro atoms. The first kappa shape index (κ1) is 20.2. The van der Waals surface area contributed by atoms with Crippen molar-refractivity contribution in [3.8, 4) is 51.0 Å². The third-order valence-electron chi connectivity index (χ3n) is 8.82. The van der Waals surface area contributed by atoms with Crippen molar-refractivity contribution in [2.24, 2.45) is 0 Å². The van der Waals surface area contributed by atoms with Crippen LogP contribution in [0.15, 0.2) is 170 Å². The SMILES string of the molecule is [2H]c1cc([2H])c2sc3c(-c4ccc(-c5nc(-c6ccccc6-n6c7ccccc7c7ccccc76)nc(-c6c([2H])c([2H])c([2H])c([2H])c6[2H])n5)cc4)cc([2H])c([2H])c3c2c1[2H]. The van der Waals surface area contributed by atoms with Gasteiger partial charge in [-0.25, -0.2) is 15.0 Å². The van der Waals surface area contributed by atoms with Crippen molar-refractivity contribution in [3.05, 3.63) is 170 Å². The minimum absolute atomic E-state index is 0.0603. The quantitative estimate of drug-likeness (QED) is 0.184. The van der Waals surface area contributed by atoms with Crippen molar-refractivity contribution in [1.82, 2.24) is 19.5 Å². The Kier molecular flexibility index (Phi) is 4.69. The summed E-state index contributed by atoms with van der Waals surface area (Å²) in [4.78, 5) is 14.6. The number of nitrogens with zero attached hydrogens (tertiary/aromatic N) is 4. The number of hydrogen-bond donors (Lipinski definition) is 0. The van der Waals surface area contributed by atoms with E-state index in [1.807, 2.05) is 72.8 Å². The molecule has 0 radical (unpaired) electrons. The molecule has 7 aromatic carbocycles. The fourth-order valence-electron chi connectivity index (χ4n) is 6.57. The van der Waals surface area contributed by atoms with Crippen LogP contribution in [0.4, 0.5) is 0 Å². The van der Waals surface area contributed by atoms with Gasteiger partial charge in [0.25, 0.3) is 0 Å². The van der Waals surface area contributed by atoms with Gasteiger partial charge in [-0.15, -0.1) is 11.3 Å². The highest BCUT2D eigenvalue weighted by molar-refractivity contribution is 7.26. The third kappa shape index (κ3) is 4.63. The first-order valence-corrected chi connectivity index (χ1v) is 16.7. The largest absolute Gasteiger partial charge is 0.309 e. The standard InChI is InChI=1S/C45H28N4S/c1-2-13-30(14-3-1)43-46-44(31-27-25-29(26-28-31)32-19-12-20-36-35-17-7-11-24-41(35)50-42(32)36)48-45(47-43)37-18-6-10-23-40(37)49-38-21-8-4-15-33(38)34-16-5-9-22-39(34)49/h1-28H/i1D,2D,3D,7D,12D,13D,14D,17D,20D,24D. The second-order valence-electron chi connectivity index (χ2n) is 11.7. The van der Waals surface area contributed by atoms with Crippen LogP contribution in [0.5, 0.6) is 0 Å². The van der Waals surface area contributed by atoms with Gasteiger partial charge < -0.3 is 4.57 Å². The zero-order valence-electron chi connectivity index (χ0n) is 36.1. The van der Waals surface area contributed by atoms with Crippen molar-refractivity contribution >= 4 is 53.3 Å². The van der Waals surface area contributed by atoms with Crippen LogP contribution in [-0.4, -0.2) is 19.5 Å². The second-order valence-corrected chi connectivity index (χ2v) is 12.7. The highest BCUT2D eigenvalue weighted by Gasteiger charge is 2.19. The average molecular weight is 667 g/mol. The molecule has 10 aromatic rings. The highest BCUT2D eigenvalue weighted by atomic mass is 32.1. The molecular formula is C45H28N4S. The summed E-state index contributed by atoms with van der Waals surface area (Å²) < 4.78 is 88.7. The summed E-state index contributed by atoms with van der Waals surface area (Å²) in [6.07, 6.45) is 0. The van der Waals surface area contributed by atoms with E-state index in [1.54, 1.807) is 18.2 Å². The monoisotopic (exact) mass is 666 g/mol. The second kappa shape index (κ2) is 11.6. The van der Waals surface area contributed by atoms with Crippen LogP contribution < -0.4 is 0 Å². The summed E-state index contributed by atoms with van der Waals surface area (Å²) in [7, 11) is 0. The van der Waals surface area contributed by atoms with Gasteiger partial charge in [0.15, 0.2) is 17.5 Å². The van der Waals surface area contributed by atoms with Crippen molar-refractivity contribution in [2.45, 2.75) is 0 Å². The van der Waals surface area contributed by atoms with Crippen LogP contribution in [0.3, 0.4) is 0 Å². The lowest BCUT2D eigenvalue weighted by Gasteiger charge is -2.14. The average Bonchev–Trinajstić information content (AvgIpc) is 3.83. The van der Waals surface area contributed by atoms with Gasteiger partial charge in [-0.2, -0.15) is 0 Å². The predicted molar refractivity (Wildman–Crippen MR) is 209 cm³/mol. The lowest BCUT2D eigenvalue weighted by atomic mass is 10.0. The molecule has 0 saturated heterocycles. The third-order valence-corrected chi connectivity index (χ3v) is 9.97. The summed E-state index contributed by atoms with van der Waals surface area (Å²) >= 11 is 1.25. The fraction of sp³-hybridized carbons (Fsp3) is 0. The molecule has 0 atom stereocenters. The summed E-state index contributed by atoms with van der Waals surface area (Å²) in [5.41, 5.74) is 4.97. The van der Waals surface area contributed by atoms with Gasteiger partial charge in [0, 0.05) is 47.6 Å². The number of benzene rings is 7. The Morgan fingerprint density at radius 1 is 0.440 bits per heavy atom. The van der Waals surface area contributed by atoms with Gasteiger partial charge in [0.2, 0.25) is 0 Å². The molecule has 0 fully saturated rings. The van der Waals surface area contributed by atoms with Gasteiger partial charge >= 0.3 is 0 Å². The molecule has 0 unspecified atom stereocenters.